The summed E-state index contributed by atoms with van der Waals surface area (Å²) in [4.78, 5) is 24.0. The van der Waals surface area contributed by atoms with Gasteiger partial charge in [-0.1, -0.05) is 12.1 Å². The molecule has 0 radical (unpaired) electrons. The first-order valence-corrected chi connectivity index (χ1v) is 6.42. The number of amides is 2. The number of nitrogens with zero attached hydrogens (tertiary/aromatic N) is 1. The van der Waals surface area contributed by atoms with Gasteiger partial charge in [-0.25, -0.2) is 9.59 Å². The fourth-order valence-electron chi connectivity index (χ4n) is 1.77. The standard InChI is InChI=1S/C14H20N2O5/c1-16(8-12(17)9-21-2)14(20)15-7-10-4-3-5-11(6-10)13(18)19/h3-6,12,17H,7-9H2,1-2H3,(H,15,20)(H,18,19). The van der Waals surface area contributed by atoms with Crippen LogP contribution in [0.3, 0.4) is 0 Å². The Hall–Kier alpha value is -2.12. The van der Waals surface area contributed by atoms with Crippen LogP contribution >= 0.6 is 0 Å². The van der Waals surface area contributed by atoms with Gasteiger partial charge in [-0.2, -0.15) is 0 Å². The van der Waals surface area contributed by atoms with Crippen molar-refractivity contribution < 1.29 is 24.5 Å². The third-order valence-electron chi connectivity index (χ3n) is 2.81. The average Bonchev–Trinajstić information content (AvgIpc) is 2.45. The number of aromatic carboxylic acids is 1. The number of carbonyl (C=O) groups excluding carboxylic acids is 1. The molecule has 7 heteroatoms. The van der Waals surface area contributed by atoms with E-state index in [0.717, 1.165) is 0 Å². The van der Waals surface area contributed by atoms with Gasteiger partial charge in [-0.15, -0.1) is 0 Å². The van der Waals surface area contributed by atoms with E-state index in [0.29, 0.717) is 5.56 Å². The molecule has 1 atom stereocenters. The predicted octanol–water partition coefficient (Wildman–Crippen LogP) is 0.533. The number of urea groups is 1. The maximum absolute atomic E-state index is 11.8. The molecular weight excluding hydrogens is 276 g/mol. The fraction of sp³-hybridized carbons (Fsp3) is 0.429. The van der Waals surface area contributed by atoms with Crippen LogP contribution in [0.1, 0.15) is 15.9 Å². The Labute approximate surface area is 123 Å². The summed E-state index contributed by atoms with van der Waals surface area (Å²) in [5, 5.41) is 21.1. The van der Waals surface area contributed by atoms with Gasteiger partial charge in [0.15, 0.2) is 0 Å². The zero-order valence-corrected chi connectivity index (χ0v) is 12.1. The topological polar surface area (TPSA) is 99.1 Å². The summed E-state index contributed by atoms with van der Waals surface area (Å²) < 4.78 is 4.79. The molecule has 1 rings (SSSR count). The SMILES string of the molecule is COCC(O)CN(C)C(=O)NCc1cccc(C(=O)O)c1. The number of methoxy groups -OCH3 is 1. The minimum atomic E-state index is -1.01. The molecule has 116 valence electrons. The Kier molecular flexibility index (Phi) is 6.64. The number of carbonyl (C=O) groups is 2. The smallest absolute Gasteiger partial charge is 0.335 e. The van der Waals surface area contributed by atoms with E-state index in [2.05, 4.69) is 5.32 Å². The molecule has 0 aliphatic rings. The van der Waals surface area contributed by atoms with Gasteiger partial charge >= 0.3 is 12.0 Å². The fourth-order valence-corrected chi connectivity index (χ4v) is 1.77. The third kappa shape index (κ3) is 5.80. The van der Waals surface area contributed by atoms with E-state index in [4.69, 9.17) is 9.84 Å². The highest BCUT2D eigenvalue weighted by atomic mass is 16.5. The molecule has 0 saturated heterocycles. The van der Waals surface area contributed by atoms with Gasteiger partial charge in [-0.3, -0.25) is 0 Å². The van der Waals surface area contributed by atoms with E-state index in [1.807, 2.05) is 0 Å². The minimum Gasteiger partial charge on any atom is -0.478 e. The van der Waals surface area contributed by atoms with Crippen molar-refractivity contribution in [2.24, 2.45) is 0 Å². The van der Waals surface area contributed by atoms with Crippen molar-refractivity contribution in [2.45, 2.75) is 12.6 Å². The number of aliphatic hydroxyl groups is 1. The molecule has 0 aliphatic carbocycles. The average molecular weight is 296 g/mol. The third-order valence-corrected chi connectivity index (χ3v) is 2.81. The van der Waals surface area contributed by atoms with Crippen LogP contribution in [0.25, 0.3) is 0 Å². The Balaban J connectivity index is 2.49. The molecule has 0 aromatic heterocycles. The summed E-state index contributed by atoms with van der Waals surface area (Å²) in [7, 11) is 3.03. The van der Waals surface area contributed by atoms with E-state index in [1.165, 1.54) is 24.1 Å². The first kappa shape index (κ1) is 16.9. The molecule has 0 saturated carbocycles. The second-order valence-electron chi connectivity index (χ2n) is 4.65. The number of carboxylic acid groups (broad SMARTS) is 1. The lowest BCUT2D eigenvalue weighted by atomic mass is 10.1. The highest BCUT2D eigenvalue weighted by Gasteiger charge is 2.13. The lowest BCUT2D eigenvalue weighted by Gasteiger charge is -2.21. The summed E-state index contributed by atoms with van der Waals surface area (Å²) in [6.45, 7) is 0.512. The van der Waals surface area contributed by atoms with Crippen LogP contribution in [0, 0.1) is 0 Å². The molecule has 1 unspecified atom stereocenters. The van der Waals surface area contributed by atoms with Crippen molar-refractivity contribution in [3.8, 4) is 0 Å². The molecule has 0 spiro atoms. The van der Waals surface area contributed by atoms with Crippen LogP contribution in [0.4, 0.5) is 4.79 Å². The lowest BCUT2D eigenvalue weighted by molar-refractivity contribution is 0.0489. The molecule has 7 nitrogen and oxygen atoms in total. The summed E-state index contributed by atoms with van der Waals surface area (Å²) >= 11 is 0. The molecule has 2 amide bonds. The van der Waals surface area contributed by atoms with Gasteiger partial charge in [0.1, 0.15) is 0 Å². The number of ether oxygens (including phenoxy) is 1. The molecule has 0 fully saturated rings. The molecule has 0 bridgehead atoms. The van der Waals surface area contributed by atoms with Crippen molar-refractivity contribution in [1.29, 1.82) is 0 Å². The van der Waals surface area contributed by atoms with Gasteiger partial charge in [0.05, 0.1) is 24.8 Å². The molecule has 0 aliphatic heterocycles. The largest absolute Gasteiger partial charge is 0.478 e. The number of hydrogen-bond acceptors (Lipinski definition) is 4. The Morgan fingerprint density at radius 2 is 2.14 bits per heavy atom. The second kappa shape index (κ2) is 8.23. The monoisotopic (exact) mass is 296 g/mol. The van der Waals surface area contributed by atoms with E-state index in [-0.39, 0.29) is 31.3 Å². The van der Waals surface area contributed by atoms with E-state index < -0.39 is 12.1 Å². The Morgan fingerprint density at radius 1 is 1.43 bits per heavy atom. The Bertz CT molecular complexity index is 492. The first-order valence-electron chi connectivity index (χ1n) is 6.42. The van der Waals surface area contributed by atoms with Gasteiger partial charge in [0, 0.05) is 20.7 Å². The molecule has 1 aromatic rings. The van der Waals surface area contributed by atoms with Gasteiger partial charge in [-0.05, 0) is 17.7 Å². The number of hydrogen-bond donors (Lipinski definition) is 3. The summed E-state index contributed by atoms with van der Waals surface area (Å²) in [5.41, 5.74) is 0.861. The normalized spacial score (nSPS) is 11.8. The molecule has 0 heterocycles. The highest BCUT2D eigenvalue weighted by molar-refractivity contribution is 5.87. The zero-order valence-electron chi connectivity index (χ0n) is 12.1. The van der Waals surface area contributed by atoms with Crippen LogP contribution in [0.2, 0.25) is 0 Å². The van der Waals surface area contributed by atoms with Crippen molar-refractivity contribution in [1.82, 2.24) is 10.2 Å². The van der Waals surface area contributed by atoms with Crippen LogP contribution < -0.4 is 5.32 Å². The summed E-state index contributed by atoms with van der Waals surface area (Å²) in [5.74, 6) is -1.01. The second-order valence-corrected chi connectivity index (χ2v) is 4.65. The predicted molar refractivity (Wildman–Crippen MR) is 76.1 cm³/mol. The highest BCUT2D eigenvalue weighted by Crippen LogP contribution is 2.05. The van der Waals surface area contributed by atoms with Crippen LogP contribution in [0.5, 0.6) is 0 Å². The molecule has 21 heavy (non-hydrogen) atoms. The number of nitrogens with one attached hydrogen (secondary N) is 1. The number of carboxylic acids is 1. The molecular formula is C14H20N2O5. The van der Waals surface area contributed by atoms with Crippen molar-refractivity contribution in [3.63, 3.8) is 0 Å². The summed E-state index contributed by atoms with van der Waals surface area (Å²) in [6, 6.07) is 5.98. The van der Waals surface area contributed by atoms with Crippen molar-refractivity contribution >= 4 is 12.0 Å². The quantitative estimate of drug-likeness (QED) is 0.682. The van der Waals surface area contributed by atoms with Crippen molar-refractivity contribution in [3.05, 3.63) is 35.4 Å². The number of aliphatic hydroxyl groups excluding tert-OH is 1. The molecule has 1 aromatic carbocycles. The minimum absolute atomic E-state index is 0.148. The Morgan fingerprint density at radius 3 is 2.76 bits per heavy atom. The van der Waals surface area contributed by atoms with Crippen LogP contribution in [-0.2, 0) is 11.3 Å². The van der Waals surface area contributed by atoms with Crippen molar-refractivity contribution in [2.75, 3.05) is 27.3 Å². The van der Waals surface area contributed by atoms with Crippen LogP contribution in [-0.4, -0.2) is 60.5 Å². The first-order chi connectivity index (χ1) is 9.93. The van der Waals surface area contributed by atoms with Gasteiger partial charge < -0.3 is 25.2 Å². The maximum Gasteiger partial charge on any atom is 0.335 e. The lowest BCUT2D eigenvalue weighted by Crippen LogP contribution is -2.42. The van der Waals surface area contributed by atoms with E-state index >= 15 is 0 Å². The van der Waals surface area contributed by atoms with Gasteiger partial charge in [0.2, 0.25) is 0 Å². The van der Waals surface area contributed by atoms with Gasteiger partial charge in [0.25, 0.3) is 0 Å². The van der Waals surface area contributed by atoms with E-state index in [9.17, 15) is 14.7 Å². The number of rotatable bonds is 7. The number of likely N-dealkylation sites (N-methyl/N-ethyl adjacent to an activating group) is 1. The maximum atomic E-state index is 11.8. The summed E-state index contributed by atoms with van der Waals surface area (Å²) in [6.07, 6.45) is -0.749. The number of benzene rings is 1. The van der Waals surface area contributed by atoms with E-state index in [1.54, 1.807) is 19.2 Å². The van der Waals surface area contributed by atoms with Crippen LogP contribution in [0.15, 0.2) is 24.3 Å². The molecule has 3 N–H and O–H groups in total. The zero-order chi connectivity index (χ0) is 15.8.